The molecule has 5 nitrogen and oxygen atoms in total. The molecule has 0 heterocycles. The molecule has 0 aliphatic rings. The Labute approximate surface area is 166 Å². The first kappa shape index (κ1) is 18.8. The predicted octanol–water partition coefficient (Wildman–Crippen LogP) is 5.89. The third-order valence-electron chi connectivity index (χ3n) is 3.59. The molecule has 0 radical (unpaired) electrons. The van der Waals surface area contributed by atoms with Crippen LogP contribution >= 0.6 is 23.2 Å². The maximum atomic E-state index is 12.4. The zero-order valence-corrected chi connectivity index (χ0v) is 15.5. The van der Waals surface area contributed by atoms with Crippen LogP contribution in [0, 0.1) is 0 Å². The highest BCUT2D eigenvalue weighted by molar-refractivity contribution is 6.31. The molecule has 3 aromatic rings. The van der Waals surface area contributed by atoms with Gasteiger partial charge in [-0.3, -0.25) is 4.79 Å². The van der Waals surface area contributed by atoms with E-state index in [2.05, 4.69) is 16.0 Å². The lowest BCUT2D eigenvalue weighted by molar-refractivity contribution is 0.102. The summed E-state index contributed by atoms with van der Waals surface area (Å²) in [4.78, 5) is 24.5. The summed E-state index contributed by atoms with van der Waals surface area (Å²) in [6.07, 6.45) is 0. The highest BCUT2D eigenvalue weighted by Gasteiger charge is 2.09. The highest BCUT2D eigenvalue weighted by Crippen LogP contribution is 2.17. The van der Waals surface area contributed by atoms with Crippen molar-refractivity contribution in [2.75, 3.05) is 16.0 Å². The Morgan fingerprint density at radius 2 is 1.15 bits per heavy atom. The summed E-state index contributed by atoms with van der Waals surface area (Å²) >= 11 is 11.7. The molecule has 0 unspecified atom stereocenters. The van der Waals surface area contributed by atoms with E-state index in [1.165, 1.54) is 0 Å². The van der Waals surface area contributed by atoms with Gasteiger partial charge in [0.1, 0.15) is 0 Å². The number of anilines is 3. The van der Waals surface area contributed by atoms with Crippen LogP contribution in [0.5, 0.6) is 0 Å². The molecule has 0 saturated carbocycles. The Kier molecular flexibility index (Phi) is 5.96. The molecule has 27 heavy (non-hydrogen) atoms. The number of halogens is 2. The number of rotatable bonds is 4. The van der Waals surface area contributed by atoms with Gasteiger partial charge in [-0.15, -0.1) is 0 Å². The molecule has 3 amide bonds. The number of nitrogens with one attached hydrogen (secondary N) is 3. The lowest BCUT2D eigenvalue weighted by Gasteiger charge is -2.10. The molecule has 0 fully saturated rings. The molecular weight excluding hydrogens is 385 g/mol. The first-order valence-electron chi connectivity index (χ1n) is 8.00. The Balaban J connectivity index is 1.63. The maximum absolute atomic E-state index is 12.4. The fourth-order valence-corrected chi connectivity index (χ4v) is 2.55. The third kappa shape index (κ3) is 5.48. The second-order valence-electron chi connectivity index (χ2n) is 5.63. The molecule has 0 atom stereocenters. The SMILES string of the molecule is O=C(Nc1ccc(Cl)cc1)Nc1cccc(C(=O)Nc2ccc(Cl)cc2)c1. The van der Waals surface area contributed by atoms with Crippen molar-refractivity contribution in [1.29, 1.82) is 0 Å². The van der Waals surface area contributed by atoms with Crippen LogP contribution in [0.2, 0.25) is 10.0 Å². The van der Waals surface area contributed by atoms with E-state index in [0.29, 0.717) is 32.7 Å². The van der Waals surface area contributed by atoms with E-state index >= 15 is 0 Å². The summed E-state index contributed by atoms with van der Waals surface area (Å²) < 4.78 is 0. The van der Waals surface area contributed by atoms with Crippen LogP contribution in [0.3, 0.4) is 0 Å². The van der Waals surface area contributed by atoms with E-state index in [0.717, 1.165) is 0 Å². The fraction of sp³-hybridized carbons (Fsp3) is 0. The van der Waals surface area contributed by atoms with Crippen LogP contribution in [0.15, 0.2) is 72.8 Å². The molecule has 0 aromatic heterocycles. The quantitative estimate of drug-likeness (QED) is 0.511. The second kappa shape index (κ2) is 8.58. The van der Waals surface area contributed by atoms with Crippen molar-refractivity contribution in [3.8, 4) is 0 Å². The standard InChI is InChI=1S/C20H15Cl2N3O2/c21-14-4-8-16(9-5-14)23-19(26)13-2-1-3-18(12-13)25-20(27)24-17-10-6-15(22)7-11-17/h1-12H,(H,23,26)(H2,24,25,27). The first-order valence-corrected chi connectivity index (χ1v) is 8.76. The summed E-state index contributed by atoms with van der Waals surface area (Å²) in [6.45, 7) is 0. The number of benzene rings is 3. The van der Waals surface area contributed by atoms with E-state index in [9.17, 15) is 9.59 Å². The van der Waals surface area contributed by atoms with Crippen molar-refractivity contribution in [2.24, 2.45) is 0 Å². The minimum Gasteiger partial charge on any atom is -0.322 e. The van der Waals surface area contributed by atoms with E-state index in [1.807, 2.05) is 0 Å². The predicted molar refractivity (Wildman–Crippen MR) is 110 cm³/mol. The Bertz CT molecular complexity index is 958. The van der Waals surface area contributed by atoms with Crippen molar-refractivity contribution in [3.63, 3.8) is 0 Å². The van der Waals surface area contributed by atoms with Crippen LogP contribution in [-0.4, -0.2) is 11.9 Å². The van der Waals surface area contributed by atoms with Gasteiger partial charge in [-0.2, -0.15) is 0 Å². The van der Waals surface area contributed by atoms with Gasteiger partial charge in [-0.25, -0.2) is 4.79 Å². The first-order chi connectivity index (χ1) is 13.0. The molecule has 0 bridgehead atoms. The number of hydrogen-bond donors (Lipinski definition) is 3. The van der Waals surface area contributed by atoms with Crippen LogP contribution in [0.1, 0.15) is 10.4 Å². The highest BCUT2D eigenvalue weighted by atomic mass is 35.5. The second-order valence-corrected chi connectivity index (χ2v) is 6.50. The molecule has 3 rings (SSSR count). The molecule has 0 aliphatic heterocycles. The number of carbonyl (C=O) groups is 2. The molecule has 3 aromatic carbocycles. The lowest BCUT2D eigenvalue weighted by Crippen LogP contribution is -2.20. The van der Waals surface area contributed by atoms with Gasteiger partial charge in [0.25, 0.3) is 5.91 Å². The Morgan fingerprint density at radius 3 is 1.74 bits per heavy atom. The molecule has 3 N–H and O–H groups in total. The number of carbonyl (C=O) groups excluding carboxylic acids is 2. The van der Waals surface area contributed by atoms with Gasteiger partial charge in [0, 0.05) is 32.7 Å². The minimum atomic E-state index is -0.424. The van der Waals surface area contributed by atoms with Crippen LogP contribution < -0.4 is 16.0 Å². The molecule has 7 heteroatoms. The average molecular weight is 400 g/mol. The van der Waals surface area contributed by atoms with Gasteiger partial charge in [0.05, 0.1) is 0 Å². The van der Waals surface area contributed by atoms with Gasteiger partial charge in [-0.05, 0) is 66.7 Å². The van der Waals surface area contributed by atoms with Gasteiger partial charge in [0.2, 0.25) is 0 Å². The fourth-order valence-electron chi connectivity index (χ4n) is 2.30. The largest absolute Gasteiger partial charge is 0.323 e. The summed E-state index contributed by atoms with van der Waals surface area (Å²) in [5, 5.41) is 9.33. The van der Waals surface area contributed by atoms with E-state index in [4.69, 9.17) is 23.2 Å². The zero-order chi connectivity index (χ0) is 19.2. The molecule has 0 saturated heterocycles. The monoisotopic (exact) mass is 399 g/mol. The summed E-state index contributed by atoms with van der Waals surface area (Å²) in [7, 11) is 0. The number of hydrogen-bond acceptors (Lipinski definition) is 2. The topological polar surface area (TPSA) is 70.2 Å². The van der Waals surface area contributed by atoms with Crippen molar-refractivity contribution < 1.29 is 9.59 Å². The van der Waals surface area contributed by atoms with Gasteiger partial charge >= 0.3 is 6.03 Å². The smallest absolute Gasteiger partial charge is 0.322 e. The minimum absolute atomic E-state index is 0.293. The van der Waals surface area contributed by atoms with E-state index in [-0.39, 0.29) is 5.91 Å². The van der Waals surface area contributed by atoms with Gasteiger partial charge in [-0.1, -0.05) is 29.3 Å². The summed E-state index contributed by atoms with van der Waals surface area (Å²) in [6, 6.07) is 19.8. The molecule has 0 spiro atoms. The van der Waals surface area contributed by atoms with E-state index < -0.39 is 6.03 Å². The van der Waals surface area contributed by atoms with Gasteiger partial charge in [0.15, 0.2) is 0 Å². The summed E-state index contributed by atoms with van der Waals surface area (Å²) in [5.41, 5.74) is 2.14. The lowest BCUT2D eigenvalue weighted by atomic mass is 10.2. The van der Waals surface area contributed by atoms with Crippen LogP contribution in [0.4, 0.5) is 21.9 Å². The number of urea groups is 1. The van der Waals surface area contributed by atoms with Crippen molar-refractivity contribution >= 4 is 52.2 Å². The van der Waals surface area contributed by atoms with Crippen LogP contribution in [-0.2, 0) is 0 Å². The third-order valence-corrected chi connectivity index (χ3v) is 4.09. The Morgan fingerprint density at radius 1 is 0.630 bits per heavy atom. The van der Waals surface area contributed by atoms with Crippen LogP contribution in [0.25, 0.3) is 0 Å². The molecule has 136 valence electrons. The maximum Gasteiger partial charge on any atom is 0.323 e. The van der Waals surface area contributed by atoms with Crippen molar-refractivity contribution in [1.82, 2.24) is 0 Å². The molecule has 0 aliphatic carbocycles. The van der Waals surface area contributed by atoms with Crippen molar-refractivity contribution in [2.45, 2.75) is 0 Å². The number of amides is 3. The average Bonchev–Trinajstić information content (AvgIpc) is 2.65. The molecular formula is C20H15Cl2N3O2. The Hall–Kier alpha value is -3.02. The summed E-state index contributed by atoms with van der Waals surface area (Å²) in [5.74, 6) is -0.293. The zero-order valence-electron chi connectivity index (χ0n) is 14.0. The normalized spacial score (nSPS) is 10.1. The van der Waals surface area contributed by atoms with E-state index in [1.54, 1.807) is 72.8 Å². The van der Waals surface area contributed by atoms with Crippen molar-refractivity contribution in [3.05, 3.63) is 88.4 Å². The van der Waals surface area contributed by atoms with Gasteiger partial charge < -0.3 is 16.0 Å².